The third kappa shape index (κ3) is 8.62. The van der Waals surface area contributed by atoms with Crippen molar-refractivity contribution in [2.45, 2.75) is 65.7 Å². The van der Waals surface area contributed by atoms with Gasteiger partial charge in [0, 0.05) is 0 Å². The number of esters is 1. The summed E-state index contributed by atoms with van der Waals surface area (Å²) in [5.41, 5.74) is 0. The van der Waals surface area contributed by atoms with Gasteiger partial charge in [0.05, 0.1) is 18.9 Å². The monoisotopic (exact) mass is 272 g/mol. The van der Waals surface area contributed by atoms with Crippen LogP contribution in [0.5, 0.6) is 0 Å². The molecule has 0 aromatic heterocycles. The van der Waals surface area contributed by atoms with Crippen molar-refractivity contribution in [3.63, 3.8) is 0 Å². The predicted molar refractivity (Wildman–Crippen MR) is 74.9 cm³/mol. The van der Waals surface area contributed by atoms with E-state index in [0.29, 0.717) is 6.61 Å². The lowest BCUT2D eigenvalue weighted by molar-refractivity contribution is -0.153. The molecule has 4 nitrogen and oxygen atoms in total. The van der Waals surface area contributed by atoms with Crippen LogP contribution in [-0.4, -0.2) is 23.7 Å². The van der Waals surface area contributed by atoms with Crippen LogP contribution in [0.15, 0.2) is 0 Å². The minimum absolute atomic E-state index is 0.0146. The Balaban J connectivity index is 4.07. The van der Waals surface area contributed by atoms with Gasteiger partial charge >= 0.3 is 11.9 Å². The first-order valence-corrected chi connectivity index (χ1v) is 7.41. The molecule has 0 bridgehead atoms. The van der Waals surface area contributed by atoms with E-state index in [4.69, 9.17) is 4.74 Å². The van der Waals surface area contributed by atoms with Gasteiger partial charge in [-0.15, -0.1) is 0 Å². The van der Waals surface area contributed by atoms with Crippen LogP contribution in [0.1, 0.15) is 65.7 Å². The van der Waals surface area contributed by atoms with Crippen molar-refractivity contribution < 1.29 is 19.4 Å². The third-order valence-corrected chi connectivity index (χ3v) is 3.46. The molecule has 0 aliphatic heterocycles. The Hall–Kier alpha value is -1.06. The third-order valence-electron chi connectivity index (χ3n) is 3.46. The predicted octanol–water partition coefficient (Wildman–Crippen LogP) is 3.64. The largest absolute Gasteiger partial charge is 0.481 e. The summed E-state index contributed by atoms with van der Waals surface area (Å²) >= 11 is 0. The molecule has 0 saturated heterocycles. The van der Waals surface area contributed by atoms with Gasteiger partial charge in [-0.2, -0.15) is 0 Å². The van der Waals surface area contributed by atoms with Gasteiger partial charge in [0.25, 0.3) is 0 Å². The number of carboxylic acid groups (broad SMARTS) is 1. The second-order valence-corrected chi connectivity index (χ2v) is 5.13. The Kier molecular flexibility index (Phi) is 10.2. The molecule has 0 aliphatic rings. The minimum Gasteiger partial charge on any atom is -0.481 e. The number of hydrogen-bond acceptors (Lipinski definition) is 3. The van der Waals surface area contributed by atoms with Crippen molar-refractivity contribution in [1.29, 1.82) is 0 Å². The smallest absolute Gasteiger partial charge is 0.307 e. The Labute approximate surface area is 116 Å². The maximum atomic E-state index is 11.4. The zero-order chi connectivity index (χ0) is 14.7. The van der Waals surface area contributed by atoms with Crippen LogP contribution in [0.4, 0.5) is 0 Å². The van der Waals surface area contributed by atoms with E-state index >= 15 is 0 Å². The van der Waals surface area contributed by atoms with Gasteiger partial charge in [-0.05, 0) is 19.3 Å². The summed E-state index contributed by atoms with van der Waals surface area (Å²) in [5.74, 6) is -1.91. The average Bonchev–Trinajstić information content (AvgIpc) is 2.35. The van der Waals surface area contributed by atoms with Crippen LogP contribution < -0.4 is 0 Å². The SMILES string of the molecule is CCCCCCCC(C)C(CC(=O)OCC)C(=O)O. The van der Waals surface area contributed by atoms with E-state index in [0.717, 1.165) is 19.3 Å². The van der Waals surface area contributed by atoms with Gasteiger partial charge in [0.1, 0.15) is 0 Å². The van der Waals surface area contributed by atoms with E-state index in [2.05, 4.69) is 6.92 Å². The summed E-state index contributed by atoms with van der Waals surface area (Å²) in [7, 11) is 0. The summed E-state index contributed by atoms with van der Waals surface area (Å²) < 4.78 is 4.83. The number of aliphatic carboxylic acids is 1. The van der Waals surface area contributed by atoms with E-state index in [-0.39, 0.29) is 12.3 Å². The van der Waals surface area contributed by atoms with Crippen molar-refractivity contribution in [3.05, 3.63) is 0 Å². The molecule has 0 heterocycles. The molecule has 0 amide bonds. The molecular formula is C15H28O4. The molecule has 0 aromatic carbocycles. The molecule has 2 unspecified atom stereocenters. The van der Waals surface area contributed by atoms with E-state index in [9.17, 15) is 14.7 Å². The van der Waals surface area contributed by atoms with Gasteiger partial charge in [-0.25, -0.2) is 0 Å². The highest BCUT2D eigenvalue weighted by molar-refractivity contribution is 5.78. The molecule has 2 atom stereocenters. The molecule has 0 aliphatic carbocycles. The molecule has 0 rings (SSSR count). The van der Waals surface area contributed by atoms with Crippen LogP contribution in [0.2, 0.25) is 0 Å². The fourth-order valence-electron chi connectivity index (χ4n) is 2.20. The zero-order valence-electron chi connectivity index (χ0n) is 12.5. The highest BCUT2D eigenvalue weighted by Crippen LogP contribution is 2.23. The number of carboxylic acids is 1. The topological polar surface area (TPSA) is 63.6 Å². The molecule has 0 aromatic rings. The second-order valence-electron chi connectivity index (χ2n) is 5.13. The molecule has 1 N–H and O–H groups in total. The van der Waals surface area contributed by atoms with Crippen LogP contribution in [0.3, 0.4) is 0 Å². The van der Waals surface area contributed by atoms with Gasteiger partial charge in [0.15, 0.2) is 0 Å². The Morgan fingerprint density at radius 1 is 1.11 bits per heavy atom. The van der Waals surface area contributed by atoms with Crippen molar-refractivity contribution in [2.24, 2.45) is 11.8 Å². The molecule has 0 spiro atoms. The molecule has 0 radical (unpaired) electrons. The number of unbranched alkanes of at least 4 members (excludes halogenated alkanes) is 4. The zero-order valence-corrected chi connectivity index (χ0v) is 12.5. The van der Waals surface area contributed by atoms with E-state index in [1.807, 2.05) is 6.92 Å². The van der Waals surface area contributed by atoms with Crippen molar-refractivity contribution in [3.8, 4) is 0 Å². The lowest BCUT2D eigenvalue weighted by Crippen LogP contribution is -2.25. The quantitative estimate of drug-likeness (QED) is 0.461. The Bertz CT molecular complexity index is 263. The summed E-state index contributed by atoms with van der Waals surface area (Å²) in [6.07, 6.45) is 6.67. The fraction of sp³-hybridized carbons (Fsp3) is 0.867. The van der Waals surface area contributed by atoms with Gasteiger partial charge in [-0.1, -0.05) is 46.0 Å². The van der Waals surface area contributed by atoms with Crippen molar-refractivity contribution >= 4 is 11.9 Å². The summed E-state index contributed by atoms with van der Waals surface area (Å²) in [6, 6.07) is 0. The minimum atomic E-state index is -0.894. The van der Waals surface area contributed by atoms with E-state index in [1.54, 1.807) is 6.92 Å². The van der Waals surface area contributed by atoms with Gasteiger partial charge < -0.3 is 9.84 Å². The molecule has 0 fully saturated rings. The molecule has 112 valence electrons. The number of carbonyl (C=O) groups is 2. The van der Waals surface area contributed by atoms with Crippen LogP contribution in [-0.2, 0) is 14.3 Å². The van der Waals surface area contributed by atoms with Crippen LogP contribution in [0.25, 0.3) is 0 Å². The van der Waals surface area contributed by atoms with Gasteiger partial charge in [0.2, 0.25) is 0 Å². The van der Waals surface area contributed by atoms with Gasteiger partial charge in [-0.3, -0.25) is 9.59 Å². The fourth-order valence-corrected chi connectivity index (χ4v) is 2.20. The number of rotatable bonds is 11. The Morgan fingerprint density at radius 2 is 1.74 bits per heavy atom. The molecule has 4 heteroatoms. The maximum Gasteiger partial charge on any atom is 0.307 e. The Morgan fingerprint density at radius 3 is 2.26 bits per heavy atom. The van der Waals surface area contributed by atoms with E-state index < -0.39 is 17.9 Å². The number of carbonyl (C=O) groups excluding carboxylic acids is 1. The second kappa shape index (κ2) is 10.8. The van der Waals surface area contributed by atoms with Crippen LogP contribution in [0, 0.1) is 11.8 Å². The maximum absolute atomic E-state index is 11.4. The lowest BCUT2D eigenvalue weighted by atomic mass is 9.87. The molecule has 0 saturated carbocycles. The van der Waals surface area contributed by atoms with Crippen molar-refractivity contribution in [2.75, 3.05) is 6.61 Å². The summed E-state index contributed by atoms with van der Waals surface area (Å²) in [4.78, 5) is 22.6. The first kappa shape index (κ1) is 17.9. The summed E-state index contributed by atoms with van der Waals surface area (Å²) in [6.45, 7) is 6.11. The average molecular weight is 272 g/mol. The summed E-state index contributed by atoms with van der Waals surface area (Å²) in [5, 5.41) is 9.19. The van der Waals surface area contributed by atoms with Crippen LogP contribution >= 0.6 is 0 Å². The number of hydrogen-bond donors (Lipinski definition) is 1. The first-order valence-electron chi connectivity index (χ1n) is 7.41. The van der Waals surface area contributed by atoms with Crippen molar-refractivity contribution in [1.82, 2.24) is 0 Å². The molecule has 19 heavy (non-hydrogen) atoms. The highest BCUT2D eigenvalue weighted by atomic mass is 16.5. The number of ether oxygens (including phenoxy) is 1. The first-order chi connectivity index (χ1) is 9.02. The molecular weight excluding hydrogens is 244 g/mol. The normalized spacial score (nSPS) is 13.8. The standard InChI is InChI=1S/C15H28O4/c1-4-6-7-8-9-10-12(3)13(15(17)18)11-14(16)19-5-2/h12-13H,4-11H2,1-3H3,(H,17,18). The highest BCUT2D eigenvalue weighted by Gasteiger charge is 2.27. The van der Waals surface area contributed by atoms with E-state index in [1.165, 1.54) is 19.3 Å². The lowest BCUT2D eigenvalue weighted by Gasteiger charge is -2.19.